The number of amides is 2. The third-order valence-corrected chi connectivity index (χ3v) is 7.22. The molecule has 1 heterocycles. The van der Waals surface area contributed by atoms with Crippen LogP contribution in [0.1, 0.15) is 11.1 Å². The van der Waals surface area contributed by atoms with Gasteiger partial charge in [-0.1, -0.05) is 60.7 Å². The van der Waals surface area contributed by atoms with Crippen molar-refractivity contribution >= 4 is 29.1 Å². The largest absolute Gasteiger partial charge is 0.445 e. The number of carbonyl (C=O) groups is 2. The lowest BCUT2D eigenvalue weighted by molar-refractivity contribution is 0.0761. The number of hydrogen-bond donors (Lipinski definition) is 0. The third kappa shape index (κ3) is 10.5. The minimum Gasteiger partial charge on any atom is -0.445 e. The SMILES string of the molecule is O=PCN1CCN(C(=O)OCc2ccccc2)CCN(CP=O)CCN(C(=O)OCc2ccccc2)CC1. The Labute approximate surface area is 226 Å². The van der Waals surface area contributed by atoms with Crippen LogP contribution in [0.25, 0.3) is 0 Å². The van der Waals surface area contributed by atoms with Gasteiger partial charge < -0.3 is 19.3 Å². The highest BCUT2D eigenvalue weighted by Gasteiger charge is 2.23. The Bertz CT molecular complexity index is 920. The van der Waals surface area contributed by atoms with Crippen LogP contribution in [0.4, 0.5) is 9.59 Å². The minimum absolute atomic E-state index is 0.0398. The van der Waals surface area contributed by atoms with Crippen LogP contribution < -0.4 is 0 Å². The van der Waals surface area contributed by atoms with Gasteiger partial charge in [0.15, 0.2) is 16.9 Å². The molecule has 204 valence electrons. The monoisotopic (exact) mass is 560 g/mol. The fourth-order valence-corrected chi connectivity index (χ4v) is 4.82. The van der Waals surface area contributed by atoms with Crippen LogP contribution >= 0.6 is 16.9 Å². The van der Waals surface area contributed by atoms with Crippen LogP contribution in [0.15, 0.2) is 60.7 Å². The van der Waals surface area contributed by atoms with Gasteiger partial charge in [0, 0.05) is 52.4 Å². The smallest absolute Gasteiger partial charge is 0.410 e. The molecule has 10 nitrogen and oxygen atoms in total. The van der Waals surface area contributed by atoms with Gasteiger partial charge in [-0.15, -0.1) is 0 Å². The fraction of sp³-hybridized carbons (Fsp3) is 0.462. The molecule has 0 unspecified atom stereocenters. The molecule has 2 amide bonds. The average Bonchev–Trinajstić information content (AvgIpc) is 2.94. The summed E-state index contributed by atoms with van der Waals surface area (Å²) in [5, 5.41) is 0. The topological polar surface area (TPSA) is 99.7 Å². The lowest BCUT2D eigenvalue weighted by Crippen LogP contribution is -2.48. The number of nitrogens with zero attached hydrogens (tertiary/aromatic N) is 4. The van der Waals surface area contributed by atoms with E-state index in [9.17, 15) is 18.7 Å². The van der Waals surface area contributed by atoms with E-state index in [2.05, 4.69) is 0 Å². The zero-order chi connectivity index (χ0) is 27.0. The van der Waals surface area contributed by atoms with Crippen LogP contribution in [0.5, 0.6) is 0 Å². The molecule has 0 spiro atoms. The lowest BCUT2D eigenvalue weighted by Gasteiger charge is -2.32. The van der Waals surface area contributed by atoms with Crippen molar-refractivity contribution in [3.8, 4) is 0 Å². The summed E-state index contributed by atoms with van der Waals surface area (Å²) in [6.45, 7) is 3.64. The highest BCUT2D eigenvalue weighted by Crippen LogP contribution is 2.10. The first-order chi connectivity index (χ1) is 18.6. The second-order valence-electron chi connectivity index (χ2n) is 8.83. The summed E-state index contributed by atoms with van der Waals surface area (Å²) in [7, 11) is -0.0796. The van der Waals surface area contributed by atoms with Crippen molar-refractivity contribution in [3.63, 3.8) is 0 Å². The lowest BCUT2D eigenvalue weighted by atomic mass is 10.2. The first-order valence-corrected chi connectivity index (χ1v) is 14.5. The summed E-state index contributed by atoms with van der Waals surface area (Å²) in [6.07, 6.45) is -0.310. The molecule has 2 aromatic carbocycles. The Morgan fingerprint density at radius 3 is 1.24 bits per heavy atom. The van der Waals surface area contributed by atoms with E-state index in [1.54, 1.807) is 9.80 Å². The van der Waals surface area contributed by atoms with Gasteiger partial charge in [0.25, 0.3) is 0 Å². The molecular formula is C26H34N4O6P2. The second kappa shape index (κ2) is 16.8. The van der Waals surface area contributed by atoms with Crippen LogP contribution in [0, 0.1) is 0 Å². The van der Waals surface area contributed by atoms with E-state index in [0.29, 0.717) is 52.4 Å². The molecule has 0 atom stereocenters. The molecule has 0 N–H and O–H groups in total. The van der Waals surface area contributed by atoms with Gasteiger partial charge in [-0.25, -0.2) is 9.59 Å². The second-order valence-corrected chi connectivity index (χ2v) is 9.91. The maximum Gasteiger partial charge on any atom is 0.410 e. The standard InChI is InChI=1S/C26H34N4O6P2/c31-25(35-19-23-7-3-1-4-8-23)29-15-11-27(21-37-33)13-17-30(18-14-28(12-16-29)22-38-34)26(32)36-20-24-9-5-2-6-10-24/h1-10H,11-22H2. The number of carbonyl (C=O) groups excluding carboxylic acids is 2. The molecule has 0 saturated carbocycles. The maximum absolute atomic E-state index is 12.9. The van der Waals surface area contributed by atoms with Crippen molar-refractivity contribution in [1.29, 1.82) is 0 Å². The van der Waals surface area contributed by atoms with Crippen molar-refractivity contribution < 1.29 is 28.2 Å². The first kappa shape index (κ1) is 29.7. The summed E-state index contributed by atoms with van der Waals surface area (Å²) in [6, 6.07) is 18.9. The number of hydrogen-bond acceptors (Lipinski definition) is 8. The Balaban J connectivity index is 1.64. The molecule has 1 saturated heterocycles. The highest BCUT2D eigenvalue weighted by molar-refractivity contribution is 7.23. The average molecular weight is 561 g/mol. The summed E-state index contributed by atoms with van der Waals surface area (Å²) >= 11 is 0. The highest BCUT2D eigenvalue weighted by atomic mass is 31.1. The normalized spacial score (nSPS) is 16.5. The zero-order valence-electron chi connectivity index (χ0n) is 21.4. The molecule has 0 aliphatic carbocycles. The van der Waals surface area contributed by atoms with Crippen molar-refractivity contribution in [3.05, 3.63) is 71.8 Å². The van der Waals surface area contributed by atoms with Gasteiger partial charge in [-0.3, -0.25) is 18.9 Å². The van der Waals surface area contributed by atoms with Crippen LogP contribution in [-0.4, -0.2) is 96.7 Å². The Morgan fingerprint density at radius 2 is 0.921 bits per heavy atom. The van der Waals surface area contributed by atoms with Crippen LogP contribution in [-0.2, 0) is 31.8 Å². The van der Waals surface area contributed by atoms with Gasteiger partial charge in [0.1, 0.15) is 13.2 Å². The molecule has 1 aliphatic heterocycles. The quantitative estimate of drug-likeness (QED) is 0.439. The van der Waals surface area contributed by atoms with E-state index >= 15 is 0 Å². The molecule has 0 aromatic heterocycles. The molecule has 0 bridgehead atoms. The molecule has 12 heteroatoms. The van der Waals surface area contributed by atoms with E-state index < -0.39 is 12.2 Å². The predicted octanol–water partition coefficient (Wildman–Crippen LogP) is 4.38. The molecule has 3 rings (SSSR count). The Hall–Kier alpha value is -2.90. The van der Waals surface area contributed by atoms with Crippen molar-refractivity contribution in [2.24, 2.45) is 0 Å². The predicted molar refractivity (Wildman–Crippen MR) is 144 cm³/mol. The molecule has 1 fully saturated rings. The van der Waals surface area contributed by atoms with Gasteiger partial charge in [0.05, 0.1) is 12.6 Å². The van der Waals surface area contributed by atoms with E-state index in [4.69, 9.17) is 9.47 Å². The Kier molecular flexibility index (Phi) is 13.1. The van der Waals surface area contributed by atoms with Crippen molar-refractivity contribution in [2.45, 2.75) is 13.2 Å². The third-order valence-electron chi connectivity index (χ3n) is 6.19. The molecule has 1 aliphatic rings. The van der Waals surface area contributed by atoms with Crippen molar-refractivity contribution in [1.82, 2.24) is 19.6 Å². The van der Waals surface area contributed by atoms with Crippen molar-refractivity contribution in [2.75, 3.05) is 64.9 Å². The number of benzene rings is 2. The summed E-state index contributed by atoms with van der Waals surface area (Å²) < 4.78 is 33.9. The van der Waals surface area contributed by atoms with Gasteiger partial charge in [-0.2, -0.15) is 0 Å². The molecule has 38 heavy (non-hydrogen) atoms. The van der Waals surface area contributed by atoms with Crippen LogP contribution in [0.2, 0.25) is 0 Å². The Morgan fingerprint density at radius 1 is 0.579 bits per heavy atom. The molecule has 2 aromatic rings. The van der Waals surface area contributed by atoms with Gasteiger partial charge in [-0.05, 0) is 11.1 Å². The van der Waals surface area contributed by atoms with E-state index in [1.165, 1.54) is 0 Å². The summed E-state index contributed by atoms with van der Waals surface area (Å²) in [4.78, 5) is 33.0. The van der Waals surface area contributed by atoms with Gasteiger partial charge >= 0.3 is 12.2 Å². The van der Waals surface area contributed by atoms with Gasteiger partial charge in [0.2, 0.25) is 0 Å². The summed E-state index contributed by atoms with van der Waals surface area (Å²) in [5.74, 6) is 0. The fourth-order valence-electron chi connectivity index (χ4n) is 3.93. The molecular weight excluding hydrogens is 526 g/mol. The minimum atomic E-state index is -0.434. The number of ether oxygens (including phenoxy) is 2. The van der Waals surface area contributed by atoms with E-state index in [0.717, 1.165) is 11.1 Å². The van der Waals surface area contributed by atoms with Crippen LogP contribution in [0.3, 0.4) is 0 Å². The number of rotatable bonds is 8. The maximum atomic E-state index is 12.9. The van der Waals surface area contributed by atoms with E-state index in [1.807, 2.05) is 70.5 Å². The molecule has 0 radical (unpaired) electrons. The summed E-state index contributed by atoms with van der Waals surface area (Å²) in [5.41, 5.74) is 1.79. The van der Waals surface area contributed by atoms with E-state index in [-0.39, 0.29) is 42.7 Å². The zero-order valence-corrected chi connectivity index (χ0v) is 23.2. The first-order valence-electron chi connectivity index (χ1n) is 12.5.